The second kappa shape index (κ2) is 8.95. The third kappa shape index (κ3) is 4.92. The number of fused-ring (bicyclic) bond motifs is 1. The van der Waals surface area contributed by atoms with Crippen molar-refractivity contribution in [3.05, 3.63) is 35.7 Å². The molecule has 0 N–H and O–H groups in total. The number of hydrogen-bond acceptors (Lipinski definition) is 8. The number of aryl methyl sites for hydroxylation is 1. The summed E-state index contributed by atoms with van der Waals surface area (Å²) in [6.45, 7) is 1.78. The molecular formula is C20H20F3N5O5S2. The minimum Gasteiger partial charge on any atom is -0.379 e. The van der Waals surface area contributed by atoms with Crippen molar-refractivity contribution < 1.29 is 35.3 Å². The van der Waals surface area contributed by atoms with E-state index in [1.165, 1.54) is 18.5 Å². The molecule has 4 heterocycles. The zero-order valence-corrected chi connectivity index (χ0v) is 20.2. The third-order valence-corrected chi connectivity index (χ3v) is 9.25. The first-order valence-electron chi connectivity index (χ1n) is 10.3. The first kappa shape index (κ1) is 25.2. The summed E-state index contributed by atoms with van der Waals surface area (Å²) in [5.41, 5.74) is -1.38. The molecular weight excluding hydrogens is 511 g/mol. The first-order valence-corrected chi connectivity index (χ1v) is 13.8. The van der Waals surface area contributed by atoms with E-state index >= 15 is 0 Å². The number of rotatable bonds is 4. The van der Waals surface area contributed by atoms with Crippen LogP contribution in [0, 0.1) is 0 Å². The summed E-state index contributed by atoms with van der Waals surface area (Å²) < 4.78 is 88.1. The lowest BCUT2D eigenvalue weighted by Gasteiger charge is -2.15. The van der Waals surface area contributed by atoms with Gasteiger partial charge in [-0.25, -0.2) is 22.6 Å². The maximum absolute atomic E-state index is 13.1. The van der Waals surface area contributed by atoms with E-state index in [1.807, 2.05) is 0 Å². The Morgan fingerprint density at radius 3 is 2.51 bits per heavy atom. The van der Waals surface area contributed by atoms with Crippen molar-refractivity contribution >= 4 is 36.6 Å². The topological polar surface area (TPSA) is 133 Å². The summed E-state index contributed by atoms with van der Waals surface area (Å²) in [7, 11) is -5.35. The van der Waals surface area contributed by atoms with Crippen molar-refractivity contribution in [3.63, 3.8) is 0 Å². The SMILES string of the molecule is CCS(=O)(=O)c1cc(C(=O)N=S2(=O)CCOCC2)cnc1-c1nc2cc(C(F)(F)F)cnc2n1C. The van der Waals surface area contributed by atoms with E-state index < -0.39 is 37.2 Å². The van der Waals surface area contributed by atoms with Crippen LogP contribution in [0.1, 0.15) is 22.8 Å². The van der Waals surface area contributed by atoms with Gasteiger partial charge in [-0.3, -0.25) is 9.78 Å². The number of nitrogens with zero attached hydrogens (tertiary/aromatic N) is 5. The van der Waals surface area contributed by atoms with Gasteiger partial charge < -0.3 is 9.30 Å². The van der Waals surface area contributed by atoms with Gasteiger partial charge in [-0.05, 0) is 12.1 Å². The van der Waals surface area contributed by atoms with Gasteiger partial charge in [-0.1, -0.05) is 6.92 Å². The van der Waals surface area contributed by atoms with E-state index in [1.54, 1.807) is 0 Å². The van der Waals surface area contributed by atoms with Gasteiger partial charge in [-0.15, -0.1) is 0 Å². The molecule has 0 radical (unpaired) electrons. The fourth-order valence-electron chi connectivity index (χ4n) is 3.44. The summed E-state index contributed by atoms with van der Waals surface area (Å²) in [4.78, 5) is 24.4. The predicted octanol–water partition coefficient (Wildman–Crippen LogP) is 2.48. The molecule has 4 rings (SSSR count). The summed E-state index contributed by atoms with van der Waals surface area (Å²) >= 11 is 0. The van der Waals surface area contributed by atoms with Gasteiger partial charge in [0, 0.05) is 19.4 Å². The average Bonchev–Trinajstić information content (AvgIpc) is 3.14. The lowest BCUT2D eigenvalue weighted by molar-refractivity contribution is -0.137. The van der Waals surface area contributed by atoms with Gasteiger partial charge in [0.05, 0.1) is 56.2 Å². The molecule has 35 heavy (non-hydrogen) atoms. The summed E-state index contributed by atoms with van der Waals surface area (Å²) in [6, 6.07) is 1.88. The van der Waals surface area contributed by atoms with Crippen LogP contribution in [0.5, 0.6) is 0 Å². The van der Waals surface area contributed by atoms with Crippen molar-refractivity contribution in [2.24, 2.45) is 11.4 Å². The molecule has 15 heteroatoms. The lowest BCUT2D eigenvalue weighted by Crippen LogP contribution is -2.26. The molecule has 0 aromatic carbocycles. The van der Waals surface area contributed by atoms with Gasteiger partial charge in [0.2, 0.25) is 0 Å². The van der Waals surface area contributed by atoms with Crippen LogP contribution in [0.4, 0.5) is 13.2 Å². The Hall–Kier alpha value is -2.91. The second-order valence-electron chi connectivity index (χ2n) is 7.72. The van der Waals surface area contributed by atoms with Gasteiger partial charge in [0.25, 0.3) is 5.91 Å². The molecule has 1 amide bonds. The van der Waals surface area contributed by atoms with Crippen molar-refractivity contribution in [3.8, 4) is 11.5 Å². The molecule has 10 nitrogen and oxygen atoms in total. The van der Waals surface area contributed by atoms with E-state index in [2.05, 4.69) is 19.3 Å². The molecule has 0 aliphatic carbocycles. The molecule has 0 saturated carbocycles. The Morgan fingerprint density at radius 1 is 1.20 bits per heavy atom. The highest BCUT2D eigenvalue weighted by molar-refractivity contribution is 7.94. The second-order valence-corrected chi connectivity index (χ2v) is 12.5. The highest BCUT2D eigenvalue weighted by atomic mass is 32.2. The van der Waals surface area contributed by atoms with E-state index in [4.69, 9.17) is 4.74 Å². The Bertz CT molecular complexity index is 1550. The van der Waals surface area contributed by atoms with Crippen LogP contribution in [0.25, 0.3) is 22.7 Å². The first-order chi connectivity index (χ1) is 16.3. The van der Waals surface area contributed by atoms with Crippen LogP contribution in [0.3, 0.4) is 0 Å². The Labute approximate surface area is 198 Å². The molecule has 188 valence electrons. The standard InChI is InChI=1S/C20H20F3N5O5S2/c1-3-35(31,32)15-8-12(19(29)27-34(30)6-4-33-5-7-34)10-24-16(15)18-26-14-9-13(20(21,22)23)11-25-17(14)28(18)2/h8-11H,3-7H2,1-2H3. The van der Waals surface area contributed by atoms with E-state index in [0.29, 0.717) is 6.20 Å². The number of hydrogen-bond donors (Lipinski definition) is 0. The molecule has 0 spiro atoms. The molecule has 0 bridgehead atoms. The zero-order valence-electron chi connectivity index (χ0n) is 18.6. The largest absolute Gasteiger partial charge is 0.417 e. The van der Waals surface area contributed by atoms with Crippen LogP contribution in [0.2, 0.25) is 0 Å². The van der Waals surface area contributed by atoms with Crippen molar-refractivity contribution in [1.29, 1.82) is 0 Å². The third-order valence-electron chi connectivity index (χ3n) is 5.41. The normalized spacial score (nSPS) is 16.4. The number of carbonyl (C=O) groups is 1. The van der Waals surface area contributed by atoms with Gasteiger partial charge >= 0.3 is 6.18 Å². The summed E-state index contributed by atoms with van der Waals surface area (Å²) in [5.74, 6) is -1.12. The number of halogens is 3. The quantitative estimate of drug-likeness (QED) is 0.501. The van der Waals surface area contributed by atoms with E-state index in [9.17, 15) is 30.6 Å². The van der Waals surface area contributed by atoms with Crippen LogP contribution < -0.4 is 0 Å². The number of aromatic nitrogens is 4. The van der Waals surface area contributed by atoms with Crippen molar-refractivity contribution in [1.82, 2.24) is 19.5 Å². The molecule has 0 unspecified atom stereocenters. The number of sulfone groups is 1. The average molecular weight is 532 g/mol. The van der Waals surface area contributed by atoms with Crippen LogP contribution in [0.15, 0.2) is 33.8 Å². The van der Waals surface area contributed by atoms with E-state index in [-0.39, 0.29) is 63.6 Å². The Kier molecular flexibility index (Phi) is 6.44. The lowest BCUT2D eigenvalue weighted by atomic mass is 10.2. The van der Waals surface area contributed by atoms with Crippen molar-refractivity contribution in [2.45, 2.75) is 18.0 Å². The number of carbonyl (C=O) groups excluding carboxylic acids is 1. The fraction of sp³-hybridized carbons (Fsp3) is 0.400. The molecule has 1 fully saturated rings. The highest BCUT2D eigenvalue weighted by Gasteiger charge is 2.32. The monoisotopic (exact) mass is 531 g/mol. The summed E-state index contributed by atoms with van der Waals surface area (Å²) in [5, 5.41) is 0. The smallest absolute Gasteiger partial charge is 0.379 e. The minimum atomic E-state index is -4.63. The Morgan fingerprint density at radius 2 is 1.89 bits per heavy atom. The highest BCUT2D eigenvalue weighted by Crippen LogP contribution is 2.33. The number of imidazole rings is 1. The minimum absolute atomic E-state index is 0.0508. The maximum atomic E-state index is 13.1. The molecule has 1 aliphatic heterocycles. The van der Waals surface area contributed by atoms with Gasteiger partial charge in [-0.2, -0.15) is 17.5 Å². The fourth-order valence-corrected chi connectivity index (χ4v) is 6.05. The maximum Gasteiger partial charge on any atom is 0.417 e. The molecule has 1 aliphatic rings. The van der Waals surface area contributed by atoms with E-state index in [0.717, 1.165) is 18.3 Å². The molecule has 3 aromatic heterocycles. The number of pyridine rings is 2. The van der Waals surface area contributed by atoms with Crippen molar-refractivity contribution in [2.75, 3.05) is 30.5 Å². The van der Waals surface area contributed by atoms with Gasteiger partial charge in [0.1, 0.15) is 11.2 Å². The Balaban J connectivity index is 1.86. The summed E-state index contributed by atoms with van der Waals surface area (Å²) in [6.07, 6.45) is -2.90. The van der Waals surface area contributed by atoms with Crippen LogP contribution in [-0.2, 0) is 37.5 Å². The zero-order chi connectivity index (χ0) is 25.6. The molecule has 0 atom stereocenters. The van der Waals surface area contributed by atoms with Gasteiger partial charge in [0.15, 0.2) is 21.3 Å². The number of amides is 1. The predicted molar refractivity (Wildman–Crippen MR) is 120 cm³/mol. The number of ether oxygens (including phenoxy) is 1. The molecule has 1 saturated heterocycles. The molecule has 3 aromatic rings. The van der Waals surface area contributed by atoms with Crippen LogP contribution >= 0.6 is 0 Å². The van der Waals surface area contributed by atoms with Crippen LogP contribution in [-0.4, -0.2) is 68.5 Å². The number of alkyl halides is 3.